The Morgan fingerprint density at radius 3 is 2.50 bits per heavy atom. The summed E-state index contributed by atoms with van der Waals surface area (Å²) < 4.78 is 0. The van der Waals surface area contributed by atoms with Gasteiger partial charge in [-0.3, -0.25) is 9.78 Å². The summed E-state index contributed by atoms with van der Waals surface area (Å²) in [4.78, 5) is 17.5. The maximum absolute atomic E-state index is 11.9. The van der Waals surface area contributed by atoms with Crippen LogP contribution in [0.4, 0.5) is 0 Å². The van der Waals surface area contributed by atoms with Gasteiger partial charge in [0, 0.05) is 26.0 Å². The molecule has 1 aromatic heterocycles. The van der Waals surface area contributed by atoms with Crippen LogP contribution in [-0.2, 0) is 11.3 Å². The van der Waals surface area contributed by atoms with Crippen LogP contribution in [0.1, 0.15) is 19.4 Å². The zero-order valence-corrected chi connectivity index (χ0v) is 10.1. The zero-order valence-electron chi connectivity index (χ0n) is 10.1. The third-order valence-electron chi connectivity index (χ3n) is 2.55. The zero-order chi connectivity index (χ0) is 12.1. The van der Waals surface area contributed by atoms with E-state index in [4.69, 9.17) is 5.73 Å². The Bertz CT molecular complexity index is 337. The minimum atomic E-state index is -0.424. The minimum Gasteiger partial charge on any atom is -0.340 e. The molecule has 0 aliphatic heterocycles. The predicted octanol–water partition coefficient (Wildman–Crippen LogP) is 1.02. The average Bonchev–Trinajstić information content (AvgIpc) is 2.28. The van der Waals surface area contributed by atoms with E-state index in [1.54, 1.807) is 24.3 Å². The van der Waals surface area contributed by atoms with E-state index in [0.717, 1.165) is 5.56 Å². The summed E-state index contributed by atoms with van der Waals surface area (Å²) in [5, 5.41) is 0. The molecule has 0 bridgehead atoms. The van der Waals surface area contributed by atoms with E-state index < -0.39 is 6.04 Å². The van der Waals surface area contributed by atoms with Crippen molar-refractivity contribution >= 4 is 5.91 Å². The number of carbonyl (C=O) groups excluding carboxylic acids is 1. The van der Waals surface area contributed by atoms with E-state index in [0.29, 0.717) is 6.54 Å². The first kappa shape index (κ1) is 12.6. The molecule has 0 spiro atoms. The van der Waals surface area contributed by atoms with Crippen molar-refractivity contribution in [1.82, 2.24) is 9.88 Å². The van der Waals surface area contributed by atoms with Crippen molar-refractivity contribution < 1.29 is 4.79 Å². The third-order valence-corrected chi connectivity index (χ3v) is 2.55. The maximum atomic E-state index is 11.9. The van der Waals surface area contributed by atoms with Crippen molar-refractivity contribution in [2.45, 2.75) is 26.4 Å². The fraction of sp³-hybridized carbons (Fsp3) is 0.500. The van der Waals surface area contributed by atoms with Gasteiger partial charge >= 0.3 is 0 Å². The van der Waals surface area contributed by atoms with Gasteiger partial charge in [0.1, 0.15) is 0 Å². The van der Waals surface area contributed by atoms with Crippen molar-refractivity contribution in [3.63, 3.8) is 0 Å². The highest BCUT2D eigenvalue weighted by atomic mass is 16.2. The molecule has 1 atom stereocenters. The summed E-state index contributed by atoms with van der Waals surface area (Å²) in [5.41, 5.74) is 6.87. The first-order valence-corrected chi connectivity index (χ1v) is 5.42. The van der Waals surface area contributed by atoms with Gasteiger partial charge in [-0.1, -0.05) is 13.8 Å². The highest BCUT2D eigenvalue weighted by Gasteiger charge is 2.20. The Balaban J connectivity index is 2.59. The summed E-state index contributed by atoms with van der Waals surface area (Å²) in [6, 6.07) is 3.36. The lowest BCUT2D eigenvalue weighted by molar-refractivity contribution is -0.132. The molecule has 2 N–H and O–H groups in total. The van der Waals surface area contributed by atoms with Gasteiger partial charge in [0.25, 0.3) is 0 Å². The standard InChI is InChI=1S/C12H19N3O/c1-9(2)11(13)12(16)15(3)8-10-4-6-14-7-5-10/h4-7,9,11H,8,13H2,1-3H3/t11-/m1/s1. The molecule has 4 heteroatoms. The van der Waals surface area contributed by atoms with Gasteiger partial charge in [-0.2, -0.15) is 0 Å². The Morgan fingerprint density at radius 1 is 1.44 bits per heavy atom. The van der Waals surface area contributed by atoms with Crippen molar-refractivity contribution in [2.75, 3.05) is 7.05 Å². The summed E-state index contributed by atoms with van der Waals surface area (Å²) in [7, 11) is 1.77. The number of carbonyl (C=O) groups is 1. The number of aromatic nitrogens is 1. The van der Waals surface area contributed by atoms with Crippen LogP contribution in [0.3, 0.4) is 0 Å². The number of rotatable bonds is 4. The molecule has 0 saturated carbocycles. The quantitative estimate of drug-likeness (QED) is 0.826. The van der Waals surface area contributed by atoms with E-state index >= 15 is 0 Å². The van der Waals surface area contributed by atoms with Crippen molar-refractivity contribution in [3.8, 4) is 0 Å². The topological polar surface area (TPSA) is 59.2 Å². The van der Waals surface area contributed by atoms with Crippen molar-refractivity contribution in [2.24, 2.45) is 11.7 Å². The van der Waals surface area contributed by atoms with Gasteiger partial charge in [-0.15, -0.1) is 0 Å². The SMILES string of the molecule is CC(C)[C@@H](N)C(=O)N(C)Cc1ccncc1. The van der Waals surface area contributed by atoms with Crippen LogP contribution < -0.4 is 5.73 Å². The molecule has 0 aliphatic rings. The number of hydrogen-bond acceptors (Lipinski definition) is 3. The lowest BCUT2D eigenvalue weighted by atomic mass is 10.0. The fourth-order valence-corrected chi connectivity index (χ4v) is 1.38. The lowest BCUT2D eigenvalue weighted by Crippen LogP contribution is -2.44. The molecule has 16 heavy (non-hydrogen) atoms. The van der Waals surface area contributed by atoms with Gasteiger partial charge in [0.15, 0.2) is 0 Å². The molecular weight excluding hydrogens is 202 g/mol. The number of pyridine rings is 1. The summed E-state index contributed by atoms with van der Waals surface area (Å²) in [6.45, 7) is 4.47. The number of likely N-dealkylation sites (N-methyl/N-ethyl adjacent to an activating group) is 1. The average molecular weight is 221 g/mol. The molecule has 4 nitrogen and oxygen atoms in total. The van der Waals surface area contributed by atoms with E-state index in [1.165, 1.54) is 0 Å². The molecule has 88 valence electrons. The molecule has 0 unspecified atom stereocenters. The number of nitrogens with two attached hydrogens (primary N) is 1. The molecule has 0 aliphatic carbocycles. The molecule has 0 radical (unpaired) electrons. The molecule has 1 heterocycles. The van der Waals surface area contributed by atoms with Gasteiger partial charge < -0.3 is 10.6 Å². The first-order chi connectivity index (χ1) is 7.52. The van der Waals surface area contributed by atoms with Crippen LogP contribution in [0.2, 0.25) is 0 Å². The van der Waals surface area contributed by atoms with Gasteiger partial charge in [-0.25, -0.2) is 0 Å². The van der Waals surface area contributed by atoms with Crippen molar-refractivity contribution in [1.29, 1.82) is 0 Å². The van der Waals surface area contributed by atoms with Gasteiger partial charge in [-0.05, 0) is 23.6 Å². The van der Waals surface area contributed by atoms with Crippen LogP contribution in [0, 0.1) is 5.92 Å². The number of nitrogens with zero attached hydrogens (tertiary/aromatic N) is 2. The summed E-state index contributed by atoms with van der Waals surface area (Å²) >= 11 is 0. The Labute approximate surface area is 96.5 Å². The highest BCUT2D eigenvalue weighted by molar-refractivity contribution is 5.81. The third kappa shape index (κ3) is 3.31. The molecular formula is C12H19N3O. The first-order valence-electron chi connectivity index (χ1n) is 5.42. The molecule has 1 amide bonds. The smallest absolute Gasteiger partial charge is 0.239 e. The fourth-order valence-electron chi connectivity index (χ4n) is 1.38. The van der Waals surface area contributed by atoms with Crippen LogP contribution >= 0.6 is 0 Å². The highest BCUT2D eigenvalue weighted by Crippen LogP contribution is 2.06. The molecule has 0 aromatic carbocycles. The lowest BCUT2D eigenvalue weighted by Gasteiger charge is -2.23. The molecule has 1 rings (SSSR count). The van der Waals surface area contributed by atoms with Crippen LogP contribution in [0.15, 0.2) is 24.5 Å². The summed E-state index contributed by atoms with van der Waals surface area (Å²) in [6.07, 6.45) is 3.44. The number of amides is 1. The second-order valence-electron chi connectivity index (χ2n) is 4.32. The molecule has 0 fully saturated rings. The molecule has 1 aromatic rings. The summed E-state index contributed by atoms with van der Waals surface area (Å²) in [5.74, 6) is 0.138. The van der Waals surface area contributed by atoms with Gasteiger partial charge in [0.2, 0.25) is 5.91 Å². The van der Waals surface area contributed by atoms with Crippen molar-refractivity contribution in [3.05, 3.63) is 30.1 Å². The van der Waals surface area contributed by atoms with Gasteiger partial charge in [0.05, 0.1) is 6.04 Å². The minimum absolute atomic E-state index is 0.0215. The van der Waals surface area contributed by atoms with E-state index in [1.807, 2.05) is 26.0 Å². The van der Waals surface area contributed by atoms with Crippen LogP contribution in [0.5, 0.6) is 0 Å². The van der Waals surface area contributed by atoms with E-state index in [9.17, 15) is 4.79 Å². The maximum Gasteiger partial charge on any atom is 0.239 e. The Morgan fingerprint density at radius 2 is 2.00 bits per heavy atom. The second-order valence-corrected chi connectivity index (χ2v) is 4.32. The second kappa shape index (κ2) is 5.61. The Kier molecular flexibility index (Phi) is 4.43. The number of hydrogen-bond donors (Lipinski definition) is 1. The predicted molar refractivity (Wildman–Crippen MR) is 63.5 cm³/mol. The molecule has 0 saturated heterocycles. The van der Waals surface area contributed by atoms with Crippen LogP contribution in [0.25, 0.3) is 0 Å². The normalized spacial score (nSPS) is 12.6. The van der Waals surface area contributed by atoms with E-state index in [-0.39, 0.29) is 11.8 Å². The van der Waals surface area contributed by atoms with E-state index in [2.05, 4.69) is 4.98 Å². The van der Waals surface area contributed by atoms with Crippen LogP contribution in [-0.4, -0.2) is 28.9 Å². The Hall–Kier alpha value is -1.42. The monoisotopic (exact) mass is 221 g/mol. The largest absolute Gasteiger partial charge is 0.340 e.